The fourth-order valence-electron chi connectivity index (χ4n) is 0.824. The topological polar surface area (TPSA) is 41.5 Å². The van der Waals surface area contributed by atoms with Gasteiger partial charge in [-0.3, -0.25) is 0 Å². The molecule has 1 atom stereocenters. The van der Waals surface area contributed by atoms with Gasteiger partial charge in [-0.05, 0) is 0 Å². The number of rotatable bonds is 0. The summed E-state index contributed by atoms with van der Waals surface area (Å²) < 4.78 is 0.320. The molecule has 1 unspecified atom stereocenters. The first kappa shape index (κ1) is 7.71. The molecule has 0 saturated carbocycles. The molecule has 0 saturated heterocycles. The van der Waals surface area contributed by atoms with E-state index >= 15 is 0 Å². The van der Waals surface area contributed by atoms with Gasteiger partial charge in [-0.15, -0.1) is 0 Å². The van der Waals surface area contributed by atoms with Gasteiger partial charge in [0.1, 0.15) is 0 Å². The molecule has 0 radical (unpaired) electrons. The predicted molar refractivity (Wildman–Crippen MR) is 31.3 cm³/mol. The first-order valence-corrected chi connectivity index (χ1v) is 7.77. The Morgan fingerprint density at radius 3 is 2.78 bits per heavy atom. The Labute approximate surface area is 83.1 Å². The van der Waals surface area contributed by atoms with Crippen molar-refractivity contribution >= 4 is 11.7 Å². The van der Waals surface area contributed by atoms with Crippen LogP contribution in [0.25, 0.3) is 0 Å². The average Bonchev–Trinajstić information content (AvgIpc) is 2.13. The number of carbonyl (C=O) groups is 1. The van der Waals surface area contributed by atoms with Crippen LogP contribution in [0.5, 0.6) is 0 Å². The normalized spacial score (nSPS) is 26.0. The Morgan fingerprint density at radius 2 is 2.56 bits per heavy atom. The maximum absolute atomic E-state index is 10.8. The van der Waals surface area contributed by atoms with E-state index in [0.717, 1.165) is 12.3 Å². The molecule has 0 aliphatic carbocycles. The molecule has 1 amide bonds. The summed E-state index contributed by atoms with van der Waals surface area (Å²) in [6.07, 6.45) is 0.875. The Bertz CT molecular complexity index is 166. The number of nitrogens with one attached hydrogen (secondary N) is 1. The molecular formula is C5H8N2ORa. The zero-order chi connectivity index (χ0) is 6.85. The zero-order valence-corrected chi connectivity index (χ0v) is 13.9. The van der Waals surface area contributed by atoms with E-state index in [1.54, 1.807) is 0 Å². The molecule has 1 aliphatic heterocycles. The maximum atomic E-state index is 10.8. The van der Waals surface area contributed by atoms with E-state index in [1.807, 2.05) is 7.05 Å². The monoisotopic (exact) mass is 338 g/mol. The van der Waals surface area contributed by atoms with Gasteiger partial charge in [-0.25, -0.2) is 0 Å². The molecule has 1 aliphatic rings. The van der Waals surface area contributed by atoms with Crippen LogP contribution in [-0.2, 0) is 4.79 Å². The van der Waals surface area contributed by atoms with E-state index in [4.69, 9.17) is 0 Å². The van der Waals surface area contributed by atoms with E-state index in [9.17, 15) is 4.79 Å². The van der Waals surface area contributed by atoms with Gasteiger partial charge in [0.05, 0.1) is 0 Å². The number of nitrogens with zero attached hydrogens (tertiary/aromatic N) is 1. The van der Waals surface area contributed by atoms with Crippen LogP contribution in [0.15, 0.2) is 4.99 Å². The summed E-state index contributed by atoms with van der Waals surface area (Å²) in [6, 6.07) is 0. The fraction of sp³-hybridized carbons (Fsp3) is 0.600. The number of amides is 1. The number of hydrogen-bond donors (Lipinski definition) is 1. The van der Waals surface area contributed by atoms with Crippen LogP contribution in [0.3, 0.4) is 0 Å². The van der Waals surface area contributed by atoms with E-state index in [1.165, 1.54) is 0 Å². The molecule has 0 aromatic rings. The molecular weight excluding hydrogens is 330 g/mol. The molecule has 0 spiro atoms. The molecule has 1 rings (SSSR count). The summed E-state index contributed by atoms with van der Waals surface area (Å²) in [4.78, 5) is 14.6. The van der Waals surface area contributed by atoms with Crippen molar-refractivity contribution in [2.75, 3.05) is 7.05 Å². The third kappa shape index (κ3) is 1.76. The summed E-state index contributed by atoms with van der Waals surface area (Å²) in [5, 5.41) is 2.89. The minimum absolute atomic E-state index is 0.101. The van der Waals surface area contributed by atoms with Gasteiger partial charge in [0.15, 0.2) is 0 Å². The Kier molecular flexibility index (Phi) is 2.69. The van der Waals surface area contributed by atoms with E-state index in [-0.39, 0.29) is 5.91 Å². The molecule has 46 valence electrons. The second-order valence-corrected chi connectivity index (χ2v) is 7.98. The molecule has 0 bridgehead atoms. The summed E-state index contributed by atoms with van der Waals surface area (Å²) in [7, 11) is 1.81. The quantitative estimate of drug-likeness (QED) is 0.654. The number of aliphatic imine (C=N–C) groups is 1. The third-order valence-electron chi connectivity index (χ3n) is 1.45. The summed E-state index contributed by atoms with van der Waals surface area (Å²) in [6.45, 7) is 0. The summed E-state index contributed by atoms with van der Waals surface area (Å²) >= 11 is 0.299. The SMILES string of the molecule is CNC1=NC(=O)[CH]([RaH])C1. The molecule has 0 fully saturated rings. The fourth-order valence-corrected chi connectivity index (χ4v) is 2.94. The zero-order valence-electron chi connectivity index (χ0n) is 5.64. The van der Waals surface area contributed by atoms with Crippen molar-refractivity contribution in [3.63, 3.8) is 0 Å². The van der Waals surface area contributed by atoms with Crippen molar-refractivity contribution < 1.29 is 47.6 Å². The van der Waals surface area contributed by atoms with Crippen molar-refractivity contribution in [3.8, 4) is 0 Å². The van der Waals surface area contributed by atoms with Crippen LogP contribution in [-0.4, -0.2) is 18.8 Å². The second-order valence-electron chi connectivity index (χ2n) is 2.25. The Balaban J connectivity index is 2.62. The van der Waals surface area contributed by atoms with Crippen LogP contribution >= 0.6 is 0 Å². The number of hydrogen-bond acceptors (Lipinski definition) is 2. The van der Waals surface area contributed by atoms with Gasteiger partial charge in [0.2, 0.25) is 0 Å². The van der Waals surface area contributed by atoms with Crippen molar-refractivity contribution in [2.45, 2.75) is 7.38 Å². The Morgan fingerprint density at radius 1 is 1.89 bits per heavy atom. The van der Waals surface area contributed by atoms with E-state index in [2.05, 4.69) is 10.3 Å². The first-order chi connectivity index (χ1) is 4.24. The van der Waals surface area contributed by atoms with Crippen LogP contribution < -0.4 is 5.32 Å². The number of carbonyl (C=O) groups excluding carboxylic acids is 1. The standard InChI is InChI=1S/C5H7N2O.Ra.H/c1-6-4-2-3-5(8)7-4;;/h3H,2H2,1H3,(H,6,7,8);;. The van der Waals surface area contributed by atoms with Gasteiger partial charge in [-0.2, -0.15) is 0 Å². The van der Waals surface area contributed by atoms with Crippen molar-refractivity contribution in [3.05, 3.63) is 0 Å². The first-order valence-electron chi connectivity index (χ1n) is 3.03. The molecule has 9 heavy (non-hydrogen) atoms. The van der Waals surface area contributed by atoms with Gasteiger partial charge < -0.3 is 0 Å². The van der Waals surface area contributed by atoms with Crippen LogP contribution in [0.1, 0.15) is 6.42 Å². The molecule has 4 heteroatoms. The average molecular weight is 338 g/mol. The van der Waals surface area contributed by atoms with E-state index < -0.39 is 0 Å². The van der Waals surface area contributed by atoms with Crippen LogP contribution in [0, 0.1) is 42.8 Å². The molecule has 1 heterocycles. The van der Waals surface area contributed by atoms with Gasteiger partial charge in [0.25, 0.3) is 0 Å². The predicted octanol–water partition coefficient (Wildman–Crippen LogP) is -0.395. The van der Waals surface area contributed by atoms with Crippen LogP contribution in [0.4, 0.5) is 0 Å². The molecule has 0 aromatic heterocycles. The minimum atomic E-state index is 0.101. The Hall–Kier alpha value is 0.608. The van der Waals surface area contributed by atoms with Crippen molar-refractivity contribution in [1.82, 2.24) is 5.32 Å². The molecule has 0 aromatic carbocycles. The van der Waals surface area contributed by atoms with E-state index in [0.29, 0.717) is 43.8 Å². The third-order valence-corrected chi connectivity index (χ3v) is 5.16. The summed E-state index contributed by atoms with van der Waals surface area (Å²) in [5.74, 6) is 0.971. The van der Waals surface area contributed by atoms with Gasteiger partial charge >= 0.3 is 84.1 Å². The van der Waals surface area contributed by atoms with Gasteiger partial charge in [-0.1, -0.05) is 0 Å². The van der Waals surface area contributed by atoms with Gasteiger partial charge in [0, 0.05) is 0 Å². The van der Waals surface area contributed by atoms with Crippen molar-refractivity contribution in [2.24, 2.45) is 4.99 Å². The summed E-state index contributed by atoms with van der Waals surface area (Å²) in [5.41, 5.74) is 0. The number of amidine groups is 1. The molecule has 3 nitrogen and oxygen atoms in total. The van der Waals surface area contributed by atoms with Crippen molar-refractivity contribution in [1.29, 1.82) is 0 Å². The van der Waals surface area contributed by atoms with Crippen LogP contribution in [0.2, 0.25) is 0.959 Å². The molecule has 1 N–H and O–H groups in total. The second kappa shape index (κ2) is 3.13.